The van der Waals surface area contributed by atoms with Crippen molar-refractivity contribution in [2.75, 3.05) is 57.3 Å². The number of nitrogens with zero attached hydrogens (tertiary/aromatic N) is 2. The van der Waals surface area contributed by atoms with Crippen molar-refractivity contribution in [2.45, 2.75) is 29.9 Å². The van der Waals surface area contributed by atoms with Crippen LogP contribution in [0.25, 0.3) is 0 Å². The number of nitrogens with one attached hydrogen (secondary N) is 1. The van der Waals surface area contributed by atoms with Gasteiger partial charge in [0.15, 0.2) is 0 Å². The zero-order chi connectivity index (χ0) is 31.2. The normalized spacial score (nSPS) is 14.4. The molecule has 1 fully saturated rings. The summed E-state index contributed by atoms with van der Waals surface area (Å²) in [6, 6.07) is 43.8. The van der Waals surface area contributed by atoms with Gasteiger partial charge in [0.2, 0.25) is 5.91 Å². The smallest absolute Gasteiger partial charge is 0.229 e. The van der Waals surface area contributed by atoms with Crippen LogP contribution in [0.1, 0.15) is 47.4 Å². The maximum Gasteiger partial charge on any atom is 0.229 e. The fraction of sp³-hybridized carbons (Fsp3) is 0.359. The number of piperidine rings is 1. The van der Waals surface area contributed by atoms with Crippen molar-refractivity contribution < 1.29 is 4.79 Å². The first kappa shape index (κ1) is 33.3. The van der Waals surface area contributed by atoms with Crippen LogP contribution in [0.4, 0.5) is 0 Å². The third-order valence-corrected chi connectivity index (χ3v) is 10.8. The number of hydrogen-bond donors (Lipinski definition) is 2. The first-order valence-electron chi connectivity index (χ1n) is 16.4. The number of thioether (sulfide) groups is 1. The van der Waals surface area contributed by atoms with Gasteiger partial charge in [-0.1, -0.05) is 121 Å². The second-order valence-corrected chi connectivity index (χ2v) is 13.5. The predicted octanol–water partition coefficient (Wildman–Crippen LogP) is 7.33. The molecule has 4 nitrogen and oxygen atoms in total. The summed E-state index contributed by atoms with van der Waals surface area (Å²) in [6.45, 7) is 6.91. The van der Waals surface area contributed by atoms with Crippen LogP contribution in [0.3, 0.4) is 0 Å². The first-order valence-corrected chi connectivity index (χ1v) is 18.0. The maximum atomic E-state index is 11.9. The van der Waals surface area contributed by atoms with E-state index in [2.05, 4.69) is 149 Å². The number of carbonyl (C=O) groups is 1. The van der Waals surface area contributed by atoms with Crippen molar-refractivity contribution in [2.24, 2.45) is 0 Å². The third kappa shape index (κ3) is 9.26. The van der Waals surface area contributed by atoms with Gasteiger partial charge in [-0.15, -0.1) is 11.8 Å². The quantitative estimate of drug-likeness (QED) is 0.0997. The van der Waals surface area contributed by atoms with E-state index in [4.69, 9.17) is 0 Å². The minimum absolute atomic E-state index is 0.00908. The SMILES string of the molecule is O=C(CS)NCCN(CCCN1CCC(c2ccccc2)CC1)CCSC(c1ccccc1)(c1ccccc1)c1ccccc1. The summed E-state index contributed by atoms with van der Waals surface area (Å²) in [5.74, 6) is 1.86. The highest BCUT2D eigenvalue weighted by Gasteiger charge is 2.36. The van der Waals surface area contributed by atoms with E-state index < -0.39 is 0 Å². The monoisotopic (exact) mass is 637 g/mol. The van der Waals surface area contributed by atoms with Crippen molar-refractivity contribution in [3.63, 3.8) is 0 Å². The second kappa shape index (κ2) is 17.6. The van der Waals surface area contributed by atoms with E-state index in [1.54, 1.807) is 0 Å². The number of rotatable bonds is 16. The van der Waals surface area contributed by atoms with Gasteiger partial charge in [-0.25, -0.2) is 0 Å². The van der Waals surface area contributed by atoms with Gasteiger partial charge in [-0.05, 0) is 73.6 Å². The van der Waals surface area contributed by atoms with Crippen molar-refractivity contribution in [1.29, 1.82) is 0 Å². The van der Waals surface area contributed by atoms with Gasteiger partial charge in [-0.3, -0.25) is 4.79 Å². The molecule has 1 N–H and O–H groups in total. The number of thiol groups is 1. The zero-order valence-electron chi connectivity index (χ0n) is 26.3. The lowest BCUT2D eigenvalue weighted by molar-refractivity contribution is -0.118. The van der Waals surface area contributed by atoms with Crippen LogP contribution < -0.4 is 5.32 Å². The largest absolute Gasteiger partial charge is 0.354 e. The van der Waals surface area contributed by atoms with Crippen molar-refractivity contribution in [3.05, 3.63) is 144 Å². The molecule has 4 aromatic rings. The molecule has 1 amide bonds. The Balaban J connectivity index is 1.24. The van der Waals surface area contributed by atoms with E-state index in [0.29, 0.717) is 12.5 Å². The molecule has 236 valence electrons. The molecule has 5 rings (SSSR count). The average molecular weight is 638 g/mol. The molecule has 4 aromatic carbocycles. The maximum absolute atomic E-state index is 11.9. The lowest BCUT2D eigenvalue weighted by Crippen LogP contribution is -2.39. The molecule has 0 unspecified atom stereocenters. The molecule has 0 aromatic heterocycles. The van der Waals surface area contributed by atoms with Crippen LogP contribution in [0, 0.1) is 0 Å². The van der Waals surface area contributed by atoms with Gasteiger partial charge in [0.05, 0.1) is 10.5 Å². The van der Waals surface area contributed by atoms with Crippen LogP contribution >= 0.6 is 24.4 Å². The Kier molecular flexibility index (Phi) is 13.0. The highest BCUT2D eigenvalue weighted by molar-refractivity contribution is 8.00. The third-order valence-electron chi connectivity index (χ3n) is 8.97. The molecule has 0 atom stereocenters. The Bertz CT molecular complexity index is 1300. The van der Waals surface area contributed by atoms with E-state index in [0.717, 1.165) is 38.4 Å². The number of amides is 1. The molecule has 0 saturated carbocycles. The summed E-state index contributed by atoms with van der Waals surface area (Å²) in [6.07, 6.45) is 3.60. The van der Waals surface area contributed by atoms with Crippen LogP contribution in [-0.4, -0.2) is 73.0 Å². The Hall–Kier alpha value is -3.03. The minimum atomic E-state index is -0.321. The van der Waals surface area contributed by atoms with Crippen LogP contribution in [0.15, 0.2) is 121 Å². The predicted molar refractivity (Wildman–Crippen MR) is 194 cm³/mol. The molecule has 0 aliphatic carbocycles. The van der Waals surface area contributed by atoms with E-state index in [-0.39, 0.29) is 16.4 Å². The molecule has 0 radical (unpaired) electrons. The number of likely N-dealkylation sites (tertiary alicyclic amines) is 1. The van der Waals surface area contributed by atoms with Crippen molar-refractivity contribution in [3.8, 4) is 0 Å². The summed E-state index contributed by atoms with van der Waals surface area (Å²) in [7, 11) is 0. The van der Waals surface area contributed by atoms with E-state index in [1.165, 1.54) is 48.2 Å². The van der Waals surface area contributed by atoms with Gasteiger partial charge >= 0.3 is 0 Å². The standard InChI is InChI=1S/C39H47N3OS2/c43-38(32-44)40-24-29-42(26-13-25-41-27-22-34(23-28-41)33-14-5-1-6-15-33)30-31-45-39(35-16-7-2-8-17-35,36-18-9-3-10-19-36)37-20-11-4-12-21-37/h1-12,14-21,34,44H,13,22-32H2,(H,40,43). The lowest BCUT2D eigenvalue weighted by atomic mass is 9.84. The number of benzene rings is 4. The molecule has 0 spiro atoms. The summed E-state index contributed by atoms with van der Waals surface area (Å²) in [4.78, 5) is 17.1. The van der Waals surface area contributed by atoms with Gasteiger partial charge in [-0.2, -0.15) is 12.6 Å². The summed E-state index contributed by atoms with van der Waals surface area (Å²) >= 11 is 6.15. The summed E-state index contributed by atoms with van der Waals surface area (Å²) < 4.78 is -0.321. The summed E-state index contributed by atoms with van der Waals surface area (Å²) in [5, 5.41) is 3.03. The fourth-order valence-electron chi connectivity index (χ4n) is 6.57. The fourth-order valence-corrected chi connectivity index (χ4v) is 8.25. The van der Waals surface area contributed by atoms with Crippen molar-refractivity contribution in [1.82, 2.24) is 15.1 Å². The van der Waals surface area contributed by atoms with Crippen molar-refractivity contribution >= 4 is 30.3 Å². The van der Waals surface area contributed by atoms with E-state index in [1.807, 2.05) is 11.8 Å². The van der Waals surface area contributed by atoms with Gasteiger partial charge in [0.1, 0.15) is 0 Å². The highest BCUT2D eigenvalue weighted by Crippen LogP contribution is 2.48. The molecule has 1 aliphatic rings. The van der Waals surface area contributed by atoms with Gasteiger partial charge in [0, 0.05) is 25.4 Å². The van der Waals surface area contributed by atoms with Gasteiger partial charge in [0.25, 0.3) is 0 Å². The molecule has 1 aliphatic heterocycles. The van der Waals surface area contributed by atoms with Crippen LogP contribution in [0.5, 0.6) is 0 Å². The molecular formula is C39H47N3OS2. The highest BCUT2D eigenvalue weighted by atomic mass is 32.2. The zero-order valence-corrected chi connectivity index (χ0v) is 28.0. The Morgan fingerprint density at radius 1 is 0.756 bits per heavy atom. The molecular weight excluding hydrogens is 591 g/mol. The molecule has 6 heteroatoms. The lowest BCUT2D eigenvalue weighted by Gasteiger charge is -2.36. The van der Waals surface area contributed by atoms with E-state index in [9.17, 15) is 4.79 Å². The average Bonchev–Trinajstić information content (AvgIpc) is 3.11. The molecule has 1 heterocycles. The molecule has 0 bridgehead atoms. The number of carbonyl (C=O) groups excluding carboxylic acids is 1. The summed E-state index contributed by atoms with van der Waals surface area (Å²) in [5.41, 5.74) is 5.36. The van der Waals surface area contributed by atoms with Crippen LogP contribution in [-0.2, 0) is 9.54 Å². The van der Waals surface area contributed by atoms with E-state index >= 15 is 0 Å². The van der Waals surface area contributed by atoms with Gasteiger partial charge < -0.3 is 15.1 Å². The topological polar surface area (TPSA) is 35.6 Å². The Labute approximate surface area is 280 Å². The Morgan fingerprint density at radius 3 is 1.78 bits per heavy atom. The number of hydrogen-bond acceptors (Lipinski definition) is 5. The Morgan fingerprint density at radius 2 is 1.27 bits per heavy atom. The second-order valence-electron chi connectivity index (χ2n) is 11.9. The molecule has 1 saturated heterocycles. The minimum Gasteiger partial charge on any atom is -0.354 e. The van der Waals surface area contributed by atoms with Crippen LogP contribution in [0.2, 0.25) is 0 Å². The first-order chi connectivity index (χ1) is 22.2. The molecule has 45 heavy (non-hydrogen) atoms.